The standard InChI is InChI=1S/C15H21NO2/c1-10-8-13(10)15(18)16-11(2)9-14(17)12-6-4-3-5-7-12/h3-7,10-11,13-14,17H,8-9H2,1-2H3,(H,16,18)/t10-,11+,13+,14-/m0/s1. The van der Waals surface area contributed by atoms with E-state index in [-0.39, 0.29) is 17.9 Å². The van der Waals surface area contributed by atoms with Gasteiger partial charge in [-0.2, -0.15) is 0 Å². The molecular weight excluding hydrogens is 226 g/mol. The summed E-state index contributed by atoms with van der Waals surface area (Å²) in [6, 6.07) is 9.56. The van der Waals surface area contributed by atoms with E-state index in [1.54, 1.807) is 0 Å². The van der Waals surface area contributed by atoms with Gasteiger partial charge < -0.3 is 10.4 Å². The molecule has 1 amide bonds. The van der Waals surface area contributed by atoms with Gasteiger partial charge in [-0.15, -0.1) is 0 Å². The summed E-state index contributed by atoms with van der Waals surface area (Å²) in [5, 5.41) is 13.0. The number of carbonyl (C=O) groups excluding carboxylic acids is 1. The molecule has 0 unspecified atom stereocenters. The van der Waals surface area contributed by atoms with Crippen LogP contribution in [0.2, 0.25) is 0 Å². The molecule has 3 nitrogen and oxygen atoms in total. The molecule has 4 atom stereocenters. The number of aliphatic hydroxyl groups is 1. The molecule has 1 aromatic carbocycles. The number of rotatable bonds is 5. The smallest absolute Gasteiger partial charge is 0.223 e. The van der Waals surface area contributed by atoms with Crippen molar-refractivity contribution >= 4 is 5.91 Å². The van der Waals surface area contributed by atoms with Gasteiger partial charge in [0, 0.05) is 12.0 Å². The fraction of sp³-hybridized carbons (Fsp3) is 0.533. The van der Waals surface area contributed by atoms with E-state index in [1.807, 2.05) is 37.3 Å². The number of carbonyl (C=O) groups is 1. The summed E-state index contributed by atoms with van der Waals surface area (Å²) in [5.74, 6) is 0.854. The summed E-state index contributed by atoms with van der Waals surface area (Å²) in [6.45, 7) is 4.03. The van der Waals surface area contributed by atoms with Crippen LogP contribution < -0.4 is 5.32 Å². The molecule has 0 radical (unpaired) electrons. The zero-order chi connectivity index (χ0) is 13.1. The molecule has 98 valence electrons. The third-order valence-electron chi connectivity index (χ3n) is 3.60. The van der Waals surface area contributed by atoms with Crippen molar-refractivity contribution in [1.29, 1.82) is 0 Å². The Labute approximate surface area is 108 Å². The lowest BCUT2D eigenvalue weighted by atomic mass is 10.0. The Hall–Kier alpha value is -1.35. The van der Waals surface area contributed by atoms with Gasteiger partial charge in [-0.05, 0) is 31.2 Å². The highest BCUT2D eigenvalue weighted by Gasteiger charge is 2.39. The second-order valence-electron chi connectivity index (χ2n) is 5.39. The SMILES string of the molecule is C[C@H](C[C@H](O)c1ccccc1)NC(=O)[C@@H]1C[C@@H]1C. The van der Waals surface area contributed by atoms with Gasteiger partial charge in [0.1, 0.15) is 0 Å². The van der Waals surface area contributed by atoms with Gasteiger partial charge in [0.25, 0.3) is 0 Å². The molecule has 0 bridgehead atoms. The maximum absolute atomic E-state index is 11.8. The molecule has 3 heteroatoms. The minimum atomic E-state index is -0.516. The van der Waals surface area contributed by atoms with Crippen LogP contribution in [0.3, 0.4) is 0 Å². The molecule has 1 aliphatic carbocycles. The predicted octanol–water partition coefficient (Wildman–Crippen LogP) is 2.27. The first kappa shape index (κ1) is 13.1. The van der Waals surface area contributed by atoms with E-state index in [4.69, 9.17) is 0 Å². The van der Waals surface area contributed by atoms with Gasteiger partial charge >= 0.3 is 0 Å². The topological polar surface area (TPSA) is 49.3 Å². The van der Waals surface area contributed by atoms with Crippen LogP contribution in [-0.2, 0) is 4.79 Å². The molecule has 0 aliphatic heterocycles. The van der Waals surface area contributed by atoms with Crippen LogP contribution in [0.25, 0.3) is 0 Å². The zero-order valence-electron chi connectivity index (χ0n) is 11.0. The lowest BCUT2D eigenvalue weighted by molar-refractivity contribution is -0.123. The van der Waals surface area contributed by atoms with E-state index in [0.717, 1.165) is 12.0 Å². The second-order valence-corrected chi connectivity index (χ2v) is 5.39. The van der Waals surface area contributed by atoms with Crippen molar-refractivity contribution in [3.05, 3.63) is 35.9 Å². The van der Waals surface area contributed by atoms with E-state index < -0.39 is 6.10 Å². The summed E-state index contributed by atoms with van der Waals surface area (Å²) in [5.41, 5.74) is 0.901. The van der Waals surface area contributed by atoms with Crippen molar-refractivity contribution in [3.63, 3.8) is 0 Å². The molecule has 1 aromatic rings. The molecule has 1 saturated carbocycles. The molecule has 2 N–H and O–H groups in total. The van der Waals surface area contributed by atoms with Crippen molar-refractivity contribution < 1.29 is 9.90 Å². The summed E-state index contributed by atoms with van der Waals surface area (Å²) >= 11 is 0. The lowest BCUT2D eigenvalue weighted by Gasteiger charge is -2.18. The van der Waals surface area contributed by atoms with Crippen LogP contribution >= 0.6 is 0 Å². The van der Waals surface area contributed by atoms with Gasteiger partial charge in [0.2, 0.25) is 5.91 Å². The summed E-state index contributed by atoms with van der Waals surface area (Å²) in [4.78, 5) is 11.8. The summed E-state index contributed by atoms with van der Waals surface area (Å²) in [6.07, 6.45) is 1.04. The fourth-order valence-electron chi connectivity index (χ4n) is 2.24. The number of hydrogen-bond donors (Lipinski definition) is 2. The predicted molar refractivity (Wildman–Crippen MR) is 70.9 cm³/mol. The number of aliphatic hydroxyl groups excluding tert-OH is 1. The Kier molecular flexibility index (Phi) is 4.02. The van der Waals surface area contributed by atoms with Crippen molar-refractivity contribution in [1.82, 2.24) is 5.32 Å². The van der Waals surface area contributed by atoms with Gasteiger partial charge in [0.05, 0.1) is 6.10 Å². The van der Waals surface area contributed by atoms with Crippen molar-refractivity contribution in [2.24, 2.45) is 11.8 Å². The van der Waals surface area contributed by atoms with E-state index in [9.17, 15) is 9.90 Å². The highest BCUT2D eigenvalue weighted by Crippen LogP contribution is 2.37. The zero-order valence-corrected chi connectivity index (χ0v) is 11.0. The second kappa shape index (κ2) is 5.53. The minimum absolute atomic E-state index is 0.000469. The monoisotopic (exact) mass is 247 g/mol. The van der Waals surface area contributed by atoms with Crippen LogP contribution in [0.5, 0.6) is 0 Å². The maximum Gasteiger partial charge on any atom is 0.223 e. The van der Waals surface area contributed by atoms with Gasteiger partial charge in [-0.25, -0.2) is 0 Å². The molecule has 0 heterocycles. The van der Waals surface area contributed by atoms with Crippen molar-refractivity contribution in [3.8, 4) is 0 Å². The number of hydrogen-bond acceptors (Lipinski definition) is 2. The molecule has 18 heavy (non-hydrogen) atoms. The summed E-state index contributed by atoms with van der Waals surface area (Å²) < 4.78 is 0. The Bertz CT molecular complexity index is 404. The van der Waals surface area contributed by atoms with Crippen molar-refractivity contribution in [2.75, 3.05) is 0 Å². The first-order valence-electron chi connectivity index (χ1n) is 6.61. The average Bonchev–Trinajstić information content (AvgIpc) is 3.07. The van der Waals surface area contributed by atoms with E-state index in [1.165, 1.54) is 0 Å². The van der Waals surface area contributed by atoms with Crippen LogP contribution in [0.1, 0.15) is 38.4 Å². The van der Waals surface area contributed by atoms with E-state index in [2.05, 4.69) is 12.2 Å². The lowest BCUT2D eigenvalue weighted by Crippen LogP contribution is -2.35. The first-order chi connectivity index (χ1) is 8.58. The highest BCUT2D eigenvalue weighted by atomic mass is 16.3. The average molecular weight is 247 g/mol. The largest absolute Gasteiger partial charge is 0.388 e. The quantitative estimate of drug-likeness (QED) is 0.838. The van der Waals surface area contributed by atoms with Crippen LogP contribution in [0.4, 0.5) is 0 Å². The number of amides is 1. The normalized spacial score (nSPS) is 25.3. The third-order valence-corrected chi connectivity index (χ3v) is 3.60. The maximum atomic E-state index is 11.8. The molecule has 1 aliphatic rings. The molecule has 0 spiro atoms. The van der Waals surface area contributed by atoms with Gasteiger partial charge in [-0.1, -0.05) is 37.3 Å². The van der Waals surface area contributed by atoms with E-state index in [0.29, 0.717) is 12.3 Å². The van der Waals surface area contributed by atoms with Crippen molar-refractivity contribution in [2.45, 2.75) is 38.8 Å². The van der Waals surface area contributed by atoms with Gasteiger partial charge in [0.15, 0.2) is 0 Å². The van der Waals surface area contributed by atoms with Crippen LogP contribution in [0.15, 0.2) is 30.3 Å². The molecular formula is C15H21NO2. The molecule has 0 aromatic heterocycles. The Morgan fingerprint density at radius 2 is 2.06 bits per heavy atom. The Balaban J connectivity index is 1.80. The van der Waals surface area contributed by atoms with E-state index >= 15 is 0 Å². The first-order valence-corrected chi connectivity index (χ1v) is 6.61. The molecule has 1 fully saturated rings. The minimum Gasteiger partial charge on any atom is -0.388 e. The Morgan fingerprint density at radius 1 is 1.44 bits per heavy atom. The van der Waals surface area contributed by atoms with Crippen LogP contribution in [-0.4, -0.2) is 17.1 Å². The molecule has 2 rings (SSSR count). The Morgan fingerprint density at radius 3 is 2.61 bits per heavy atom. The summed E-state index contributed by atoms with van der Waals surface area (Å²) in [7, 11) is 0. The number of benzene rings is 1. The highest BCUT2D eigenvalue weighted by molar-refractivity contribution is 5.81. The van der Waals surface area contributed by atoms with Crippen LogP contribution in [0, 0.1) is 11.8 Å². The third kappa shape index (κ3) is 3.33. The van der Waals surface area contributed by atoms with Gasteiger partial charge in [-0.3, -0.25) is 4.79 Å². The number of nitrogens with one attached hydrogen (secondary N) is 1. The fourth-order valence-corrected chi connectivity index (χ4v) is 2.24. The molecule has 0 saturated heterocycles.